The molecule has 1 aromatic rings. The summed E-state index contributed by atoms with van der Waals surface area (Å²) in [5, 5.41) is 3.42. The van der Waals surface area contributed by atoms with E-state index in [4.69, 9.17) is 0 Å². The number of aryl methyl sites for hydroxylation is 1. The van der Waals surface area contributed by atoms with Gasteiger partial charge in [-0.2, -0.15) is 0 Å². The molecule has 1 atom stereocenters. The van der Waals surface area contributed by atoms with Crippen molar-refractivity contribution in [2.75, 3.05) is 6.54 Å². The monoisotopic (exact) mass is 223 g/mol. The van der Waals surface area contributed by atoms with Crippen molar-refractivity contribution in [1.29, 1.82) is 0 Å². The van der Waals surface area contributed by atoms with Gasteiger partial charge in [0.15, 0.2) is 0 Å². The SMILES string of the molecule is Cc1cc(CC(C)CNC(C)C)ccc1F. The van der Waals surface area contributed by atoms with Gasteiger partial charge in [-0.15, -0.1) is 0 Å². The molecule has 1 nitrogen and oxygen atoms in total. The van der Waals surface area contributed by atoms with Gasteiger partial charge >= 0.3 is 0 Å². The van der Waals surface area contributed by atoms with Crippen molar-refractivity contribution in [1.82, 2.24) is 5.32 Å². The minimum atomic E-state index is -0.114. The smallest absolute Gasteiger partial charge is 0.126 e. The highest BCUT2D eigenvalue weighted by Crippen LogP contribution is 2.13. The van der Waals surface area contributed by atoms with E-state index in [0.29, 0.717) is 12.0 Å². The van der Waals surface area contributed by atoms with Gasteiger partial charge in [0.1, 0.15) is 5.82 Å². The second-order valence-corrected chi connectivity index (χ2v) is 4.96. The van der Waals surface area contributed by atoms with Crippen molar-refractivity contribution in [2.24, 2.45) is 5.92 Å². The van der Waals surface area contributed by atoms with Crippen molar-refractivity contribution in [2.45, 2.75) is 40.2 Å². The molecule has 0 saturated carbocycles. The maximum atomic E-state index is 13.1. The van der Waals surface area contributed by atoms with E-state index in [1.54, 1.807) is 6.07 Å². The van der Waals surface area contributed by atoms with E-state index in [2.05, 4.69) is 26.1 Å². The van der Waals surface area contributed by atoms with E-state index in [9.17, 15) is 4.39 Å². The lowest BCUT2D eigenvalue weighted by Gasteiger charge is -2.15. The van der Waals surface area contributed by atoms with E-state index in [1.807, 2.05) is 19.1 Å². The maximum Gasteiger partial charge on any atom is 0.126 e. The van der Waals surface area contributed by atoms with Gasteiger partial charge in [0, 0.05) is 6.04 Å². The molecule has 16 heavy (non-hydrogen) atoms. The van der Waals surface area contributed by atoms with Crippen molar-refractivity contribution >= 4 is 0 Å². The van der Waals surface area contributed by atoms with Gasteiger partial charge in [0.25, 0.3) is 0 Å². The summed E-state index contributed by atoms with van der Waals surface area (Å²) in [6.45, 7) is 9.33. The van der Waals surface area contributed by atoms with Crippen LogP contribution in [0.15, 0.2) is 18.2 Å². The fraction of sp³-hybridized carbons (Fsp3) is 0.571. The van der Waals surface area contributed by atoms with Crippen molar-refractivity contribution in [3.63, 3.8) is 0 Å². The number of halogens is 1. The van der Waals surface area contributed by atoms with E-state index >= 15 is 0 Å². The Balaban J connectivity index is 2.49. The minimum Gasteiger partial charge on any atom is -0.314 e. The van der Waals surface area contributed by atoms with Gasteiger partial charge in [0.05, 0.1) is 0 Å². The molecule has 2 heteroatoms. The molecule has 1 rings (SSSR count). The van der Waals surface area contributed by atoms with Crippen LogP contribution in [0.1, 0.15) is 31.9 Å². The standard InChI is InChI=1S/C14H22FN/c1-10(2)16-9-11(3)7-13-5-6-14(15)12(4)8-13/h5-6,8,10-11,16H,7,9H2,1-4H3. The van der Waals surface area contributed by atoms with Gasteiger partial charge in [-0.25, -0.2) is 4.39 Å². The fourth-order valence-electron chi connectivity index (χ4n) is 1.75. The summed E-state index contributed by atoms with van der Waals surface area (Å²) >= 11 is 0. The third-order valence-electron chi connectivity index (χ3n) is 2.68. The number of benzene rings is 1. The summed E-state index contributed by atoms with van der Waals surface area (Å²) in [7, 11) is 0. The first-order chi connectivity index (χ1) is 7.49. The Bertz CT molecular complexity index is 334. The molecular weight excluding hydrogens is 201 g/mol. The van der Waals surface area contributed by atoms with Crippen LogP contribution in [0.25, 0.3) is 0 Å². The van der Waals surface area contributed by atoms with Crippen LogP contribution in [0.5, 0.6) is 0 Å². The molecule has 0 spiro atoms. The van der Waals surface area contributed by atoms with Crippen LogP contribution in [0.4, 0.5) is 4.39 Å². The van der Waals surface area contributed by atoms with Crippen LogP contribution >= 0.6 is 0 Å². The van der Waals surface area contributed by atoms with E-state index in [0.717, 1.165) is 18.5 Å². The molecule has 0 aromatic heterocycles. The molecule has 90 valence electrons. The number of hydrogen-bond acceptors (Lipinski definition) is 1. The number of rotatable bonds is 5. The number of hydrogen-bond donors (Lipinski definition) is 1. The van der Waals surface area contributed by atoms with Gasteiger partial charge in [-0.05, 0) is 43.0 Å². The highest BCUT2D eigenvalue weighted by Gasteiger charge is 2.06. The zero-order chi connectivity index (χ0) is 12.1. The van der Waals surface area contributed by atoms with Crippen LogP contribution in [0, 0.1) is 18.7 Å². The Hall–Kier alpha value is -0.890. The van der Waals surface area contributed by atoms with Gasteiger partial charge in [-0.1, -0.05) is 32.9 Å². The van der Waals surface area contributed by atoms with E-state index in [1.165, 1.54) is 5.56 Å². The molecule has 0 heterocycles. The fourth-order valence-corrected chi connectivity index (χ4v) is 1.75. The molecule has 0 aliphatic carbocycles. The van der Waals surface area contributed by atoms with Crippen molar-refractivity contribution in [3.05, 3.63) is 35.1 Å². The molecule has 1 N–H and O–H groups in total. The summed E-state index contributed by atoms with van der Waals surface area (Å²) < 4.78 is 13.1. The molecule has 1 aromatic carbocycles. The highest BCUT2D eigenvalue weighted by atomic mass is 19.1. The average Bonchev–Trinajstić information content (AvgIpc) is 2.21. The quantitative estimate of drug-likeness (QED) is 0.807. The Morgan fingerprint density at radius 2 is 1.94 bits per heavy atom. The molecule has 0 aliphatic heterocycles. The third kappa shape index (κ3) is 4.31. The van der Waals surface area contributed by atoms with Crippen molar-refractivity contribution in [3.8, 4) is 0 Å². The molecule has 0 fully saturated rings. The Morgan fingerprint density at radius 1 is 1.25 bits per heavy atom. The van der Waals surface area contributed by atoms with Gasteiger partial charge in [-0.3, -0.25) is 0 Å². The van der Waals surface area contributed by atoms with Gasteiger partial charge in [0.2, 0.25) is 0 Å². The van der Waals surface area contributed by atoms with Crippen LogP contribution in [0.3, 0.4) is 0 Å². The molecule has 0 amide bonds. The zero-order valence-electron chi connectivity index (χ0n) is 10.7. The number of nitrogens with one attached hydrogen (secondary N) is 1. The first-order valence-corrected chi connectivity index (χ1v) is 5.97. The van der Waals surface area contributed by atoms with Gasteiger partial charge < -0.3 is 5.32 Å². The topological polar surface area (TPSA) is 12.0 Å². The molecule has 1 unspecified atom stereocenters. The lowest BCUT2D eigenvalue weighted by Crippen LogP contribution is -2.28. The van der Waals surface area contributed by atoms with Crippen LogP contribution in [-0.4, -0.2) is 12.6 Å². The summed E-state index contributed by atoms with van der Waals surface area (Å²) in [5.41, 5.74) is 1.96. The minimum absolute atomic E-state index is 0.114. The zero-order valence-corrected chi connectivity index (χ0v) is 10.7. The molecular formula is C14H22FN. The summed E-state index contributed by atoms with van der Waals surface area (Å²) in [4.78, 5) is 0. The summed E-state index contributed by atoms with van der Waals surface area (Å²) in [6, 6.07) is 5.92. The Kier molecular flexibility index (Phi) is 4.94. The average molecular weight is 223 g/mol. The first kappa shape index (κ1) is 13.2. The maximum absolute atomic E-state index is 13.1. The summed E-state index contributed by atoms with van der Waals surface area (Å²) in [6.07, 6.45) is 1.00. The van der Waals surface area contributed by atoms with Crippen LogP contribution < -0.4 is 5.32 Å². The van der Waals surface area contributed by atoms with E-state index < -0.39 is 0 Å². The summed E-state index contributed by atoms with van der Waals surface area (Å²) in [5.74, 6) is 0.462. The molecule has 0 radical (unpaired) electrons. The highest BCUT2D eigenvalue weighted by molar-refractivity contribution is 5.24. The Labute approximate surface area is 98.1 Å². The van der Waals surface area contributed by atoms with E-state index in [-0.39, 0.29) is 5.82 Å². The third-order valence-corrected chi connectivity index (χ3v) is 2.68. The second-order valence-electron chi connectivity index (χ2n) is 4.96. The molecule has 0 bridgehead atoms. The largest absolute Gasteiger partial charge is 0.314 e. The van der Waals surface area contributed by atoms with Crippen molar-refractivity contribution < 1.29 is 4.39 Å². The molecule has 0 aliphatic rings. The molecule has 0 saturated heterocycles. The van der Waals surface area contributed by atoms with Crippen LogP contribution in [0.2, 0.25) is 0 Å². The lowest BCUT2D eigenvalue weighted by atomic mass is 9.99. The lowest BCUT2D eigenvalue weighted by molar-refractivity contribution is 0.475. The predicted molar refractivity (Wildman–Crippen MR) is 67.1 cm³/mol. The predicted octanol–water partition coefficient (Wildman–Crippen LogP) is 3.31. The first-order valence-electron chi connectivity index (χ1n) is 5.97. The normalized spacial score (nSPS) is 13.1. The second kappa shape index (κ2) is 6.00. The Morgan fingerprint density at radius 3 is 2.50 bits per heavy atom. The van der Waals surface area contributed by atoms with Crippen LogP contribution in [-0.2, 0) is 6.42 Å².